The summed E-state index contributed by atoms with van der Waals surface area (Å²) in [6, 6.07) is 0. The molecule has 0 amide bonds. The Bertz CT molecular complexity index is 192. The number of alkyl halides is 1. The molecule has 0 spiro atoms. The van der Waals surface area contributed by atoms with Crippen molar-refractivity contribution in [1.29, 1.82) is 0 Å². The van der Waals surface area contributed by atoms with Gasteiger partial charge in [0.05, 0.1) is 6.61 Å². The average molecular weight is 187 g/mol. The van der Waals surface area contributed by atoms with Gasteiger partial charge >= 0.3 is 7.83 Å². The van der Waals surface area contributed by atoms with E-state index in [-0.39, 0.29) is 12.5 Å². The topological polar surface area (TPSA) is 55.7 Å². The first-order valence-electron chi connectivity index (χ1n) is 2.22. The van der Waals surface area contributed by atoms with Gasteiger partial charge < -0.3 is 0 Å². The number of isocyanates is 1. The van der Waals surface area contributed by atoms with Crippen LogP contribution in [-0.2, 0) is 13.9 Å². The first-order valence-corrected chi connectivity index (χ1v) is 4.22. The molecule has 0 fully saturated rings. The molecule has 1 atom stereocenters. The Morgan fingerprint density at radius 1 is 1.80 bits per heavy atom. The molecule has 0 saturated carbocycles. The van der Waals surface area contributed by atoms with Crippen LogP contribution in [0, 0.1) is 0 Å². The zero-order valence-corrected chi connectivity index (χ0v) is 6.44. The van der Waals surface area contributed by atoms with Crippen LogP contribution < -0.4 is 0 Å². The molecule has 7 heteroatoms. The molecule has 4 nitrogen and oxygen atoms in total. The zero-order valence-electron chi connectivity index (χ0n) is 4.79. The quantitative estimate of drug-likeness (QED) is 0.291. The normalized spacial score (nSPS) is 15.4. The summed E-state index contributed by atoms with van der Waals surface area (Å²) in [5, 5.41) is 0. The molecule has 0 saturated heterocycles. The first-order chi connectivity index (χ1) is 4.62. The third kappa shape index (κ3) is 4.65. The highest BCUT2D eigenvalue weighted by atomic mass is 35.5. The van der Waals surface area contributed by atoms with Crippen molar-refractivity contribution in [1.82, 2.24) is 0 Å². The summed E-state index contributed by atoms with van der Waals surface area (Å²) in [4.78, 5) is 9.37. The maximum Gasteiger partial charge on any atom is 0.502 e. The molecule has 10 heavy (non-hydrogen) atoms. The van der Waals surface area contributed by atoms with Crippen molar-refractivity contribution in [3.05, 3.63) is 0 Å². The van der Waals surface area contributed by atoms with Gasteiger partial charge in [-0.25, -0.2) is 9.36 Å². The first kappa shape index (κ1) is 9.79. The Kier molecular flexibility index (Phi) is 4.49. The predicted octanol–water partition coefficient (Wildman–Crippen LogP) is 1.66. The number of rotatable bonds is 4. The Morgan fingerprint density at radius 2 is 2.40 bits per heavy atom. The van der Waals surface area contributed by atoms with Gasteiger partial charge in [0.25, 0.3) is 0 Å². The summed E-state index contributed by atoms with van der Waals surface area (Å²) >= 11 is 5.05. The van der Waals surface area contributed by atoms with Crippen LogP contribution in [0.3, 0.4) is 0 Å². The van der Waals surface area contributed by atoms with Crippen molar-refractivity contribution in [2.45, 2.75) is 0 Å². The SMILES string of the molecule is O=C=NP(=O)(F)OCCCl. The minimum atomic E-state index is -4.59. The standard InChI is InChI=1S/C3H4ClFNO3P/c4-1-2-9-10(5,8)6-3-7/h1-2H2. The molecule has 0 rings (SSSR count). The molecule has 0 aliphatic heterocycles. The van der Waals surface area contributed by atoms with Crippen LogP contribution in [0.4, 0.5) is 4.20 Å². The van der Waals surface area contributed by atoms with Crippen LogP contribution in [0.1, 0.15) is 0 Å². The van der Waals surface area contributed by atoms with Gasteiger partial charge in [0.2, 0.25) is 6.08 Å². The molecule has 0 aromatic rings. The molecule has 1 unspecified atom stereocenters. The van der Waals surface area contributed by atoms with Crippen LogP contribution in [0.5, 0.6) is 0 Å². The Hall–Kier alpha value is -0.210. The second-order valence-corrected chi connectivity index (χ2v) is 2.90. The van der Waals surface area contributed by atoms with E-state index in [4.69, 9.17) is 11.6 Å². The van der Waals surface area contributed by atoms with Gasteiger partial charge in [-0.2, -0.15) is 0 Å². The van der Waals surface area contributed by atoms with Gasteiger partial charge in [0.1, 0.15) is 0 Å². The largest absolute Gasteiger partial charge is 0.502 e. The molecule has 0 N–H and O–H groups in total. The minimum Gasteiger partial charge on any atom is -0.286 e. The Morgan fingerprint density at radius 3 is 2.80 bits per heavy atom. The maximum absolute atomic E-state index is 12.1. The molecule has 58 valence electrons. The lowest BCUT2D eigenvalue weighted by Crippen LogP contribution is -1.88. The van der Waals surface area contributed by atoms with Gasteiger partial charge in [-0.15, -0.1) is 15.8 Å². The smallest absolute Gasteiger partial charge is 0.286 e. The summed E-state index contributed by atoms with van der Waals surface area (Å²) < 4.78 is 28.6. The van der Waals surface area contributed by atoms with Gasteiger partial charge in [-0.1, -0.05) is 4.76 Å². The van der Waals surface area contributed by atoms with E-state index >= 15 is 0 Å². The van der Waals surface area contributed by atoms with Crippen LogP contribution in [-0.4, -0.2) is 18.6 Å². The third-order valence-corrected chi connectivity index (χ3v) is 1.46. The number of carbonyl (C=O) groups excluding carboxylic acids is 1. The molecule has 0 aliphatic rings. The van der Waals surface area contributed by atoms with Crippen molar-refractivity contribution in [2.75, 3.05) is 12.5 Å². The van der Waals surface area contributed by atoms with E-state index < -0.39 is 7.83 Å². The number of nitrogens with zero attached hydrogens (tertiary/aromatic N) is 1. The Balaban J connectivity index is 3.87. The molecular formula is C3H4ClFNO3P. The second-order valence-electron chi connectivity index (χ2n) is 1.16. The fourth-order valence-electron chi connectivity index (χ4n) is 0.225. The van der Waals surface area contributed by atoms with E-state index in [0.29, 0.717) is 0 Å². The molecule has 0 aliphatic carbocycles. The molecular weight excluding hydrogens is 183 g/mol. The minimum absolute atomic E-state index is 0.0116. The summed E-state index contributed by atoms with van der Waals surface area (Å²) in [7, 11) is -4.59. The lowest BCUT2D eigenvalue weighted by molar-refractivity contribution is 0.307. The molecule has 0 radical (unpaired) electrons. The van der Waals surface area contributed by atoms with E-state index in [9.17, 15) is 13.6 Å². The summed E-state index contributed by atoms with van der Waals surface area (Å²) in [5.41, 5.74) is 0. The van der Waals surface area contributed by atoms with E-state index in [1.54, 1.807) is 0 Å². The van der Waals surface area contributed by atoms with Gasteiger partial charge in [-0.05, 0) is 0 Å². The van der Waals surface area contributed by atoms with E-state index in [1.165, 1.54) is 0 Å². The zero-order chi connectivity index (χ0) is 8.04. The van der Waals surface area contributed by atoms with Crippen LogP contribution >= 0.6 is 19.4 Å². The van der Waals surface area contributed by atoms with Crippen LogP contribution in [0.2, 0.25) is 0 Å². The van der Waals surface area contributed by atoms with Crippen molar-refractivity contribution < 1.29 is 18.1 Å². The van der Waals surface area contributed by atoms with Gasteiger partial charge in [0.15, 0.2) is 0 Å². The summed E-state index contributed by atoms with van der Waals surface area (Å²) in [5.74, 6) is -0.0116. The van der Waals surface area contributed by atoms with Crippen molar-refractivity contribution >= 4 is 25.5 Å². The Labute approximate surface area is 61.7 Å². The van der Waals surface area contributed by atoms with E-state index in [0.717, 1.165) is 6.08 Å². The molecule has 0 aromatic heterocycles. The van der Waals surface area contributed by atoms with Crippen molar-refractivity contribution in [3.63, 3.8) is 0 Å². The fourth-order valence-corrected chi connectivity index (χ4v) is 0.881. The molecule has 0 heterocycles. The fraction of sp³-hybridized carbons (Fsp3) is 0.667. The van der Waals surface area contributed by atoms with Gasteiger partial charge in [0, 0.05) is 5.88 Å². The summed E-state index contributed by atoms with van der Waals surface area (Å²) in [6.45, 7) is -0.249. The number of halogens is 2. The van der Waals surface area contributed by atoms with E-state index in [2.05, 4.69) is 9.29 Å². The highest BCUT2D eigenvalue weighted by molar-refractivity contribution is 7.52. The molecule has 0 bridgehead atoms. The van der Waals surface area contributed by atoms with E-state index in [1.807, 2.05) is 0 Å². The third-order valence-electron chi connectivity index (χ3n) is 0.488. The monoisotopic (exact) mass is 187 g/mol. The lowest BCUT2D eigenvalue weighted by atomic mass is 10.9. The van der Waals surface area contributed by atoms with Crippen molar-refractivity contribution in [3.8, 4) is 0 Å². The average Bonchev–Trinajstić information content (AvgIpc) is 1.84. The molecule has 0 aromatic carbocycles. The highest BCUT2D eigenvalue weighted by Gasteiger charge is 2.19. The van der Waals surface area contributed by atoms with Crippen LogP contribution in [0.25, 0.3) is 0 Å². The summed E-state index contributed by atoms with van der Waals surface area (Å²) in [6.07, 6.45) is 0.786. The number of hydrogen-bond acceptors (Lipinski definition) is 3. The van der Waals surface area contributed by atoms with Crippen LogP contribution in [0.15, 0.2) is 4.76 Å². The second kappa shape index (κ2) is 4.58. The highest BCUT2D eigenvalue weighted by Crippen LogP contribution is 2.49. The van der Waals surface area contributed by atoms with Crippen molar-refractivity contribution in [2.24, 2.45) is 4.76 Å². The van der Waals surface area contributed by atoms with Gasteiger partial charge in [-0.3, -0.25) is 4.52 Å². The number of hydrogen-bond donors (Lipinski definition) is 0. The maximum atomic E-state index is 12.1. The lowest BCUT2D eigenvalue weighted by Gasteiger charge is -1.98. The predicted molar refractivity (Wildman–Crippen MR) is 33.5 cm³/mol.